The maximum atomic E-state index is 12.0. The summed E-state index contributed by atoms with van der Waals surface area (Å²) in [6.07, 6.45) is 1.73. The zero-order valence-corrected chi connectivity index (χ0v) is 13.6. The van der Waals surface area contributed by atoms with Crippen molar-refractivity contribution >= 4 is 14.3 Å². The number of carbonyl (C=O) groups excluding carboxylic acids is 1. The fourth-order valence-electron chi connectivity index (χ4n) is 3.95. The van der Waals surface area contributed by atoms with Crippen LogP contribution in [0.25, 0.3) is 0 Å². The molecule has 2 aliphatic rings. The molecule has 108 valence electrons. The van der Waals surface area contributed by atoms with Gasteiger partial charge in [0, 0.05) is 12.3 Å². The van der Waals surface area contributed by atoms with E-state index in [2.05, 4.69) is 43.9 Å². The van der Waals surface area contributed by atoms with Crippen molar-refractivity contribution < 1.29 is 14.0 Å². The summed E-state index contributed by atoms with van der Waals surface area (Å²) in [7, 11) is -0.176. The van der Waals surface area contributed by atoms with Crippen molar-refractivity contribution in [2.24, 2.45) is 5.92 Å². The van der Waals surface area contributed by atoms with Crippen molar-refractivity contribution in [1.29, 1.82) is 0 Å². The number of rotatable bonds is 3. The van der Waals surface area contributed by atoms with Crippen molar-refractivity contribution in [3.63, 3.8) is 0 Å². The van der Waals surface area contributed by atoms with E-state index in [0.717, 1.165) is 12.8 Å². The fraction of sp³-hybridized carbons (Fsp3) is 0.562. The molecular weight excluding hydrogens is 268 g/mol. The Kier molecular flexibility index (Phi) is 3.06. The van der Waals surface area contributed by atoms with Crippen LogP contribution < -0.4 is 0 Å². The highest BCUT2D eigenvalue weighted by Crippen LogP contribution is 2.60. The second kappa shape index (κ2) is 4.43. The molecule has 20 heavy (non-hydrogen) atoms. The molecule has 4 heteroatoms. The molecule has 0 amide bonds. The molecule has 1 fully saturated rings. The topological polar surface area (TPSA) is 35.5 Å². The van der Waals surface area contributed by atoms with E-state index in [1.165, 1.54) is 18.2 Å². The average molecular weight is 290 g/mol. The van der Waals surface area contributed by atoms with E-state index in [0.29, 0.717) is 0 Å². The first-order valence-electron chi connectivity index (χ1n) is 7.22. The molecule has 0 aromatic heterocycles. The van der Waals surface area contributed by atoms with Gasteiger partial charge in [0.15, 0.2) is 8.32 Å². The fourth-order valence-corrected chi connectivity index (χ4v) is 5.45. The molecule has 0 heterocycles. The van der Waals surface area contributed by atoms with Gasteiger partial charge in [-0.2, -0.15) is 0 Å². The van der Waals surface area contributed by atoms with Crippen LogP contribution in [0.2, 0.25) is 19.6 Å². The minimum absolute atomic E-state index is 0.0417. The van der Waals surface area contributed by atoms with Crippen molar-refractivity contribution in [3.05, 3.63) is 35.4 Å². The molecule has 0 saturated heterocycles. The SMILES string of the molecule is COC(=O)[C@@H]1C[C@]2(O[Si](C)(C)C)Cc3ccccc3[C@H]12. The molecule has 0 radical (unpaired) electrons. The summed E-state index contributed by atoms with van der Waals surface area (Å²) in [4.78, 5) is 12.0. The largest absolute Gasteiger partial charge is 0.469 e. The van der Waals surface area contributed by atoms with Gasteiger partial charge in [0.05, 0.1) is 18.6 Å². The predicted octanol–water partition coefficient (Wildman–Crippen LogP) is 3.11. The summed E-state index contributed by atoms with van der Waals surface area (Å²) in [5.41, 5.74) is 2.46. The van der Waals surface area contributed by atoms with Gasteiger partial charge in [0.1, 0.15) is 0 Å². The maximum Gasteiger partial charge on any atom is 0.309 e. The average Bonchev–Trinajstić information content (AvgIpc) is 2.57. The molecule has 1 aromatic rings. The number of esters is 1. The Labute approximate surface area is 121 Å². The molecule has 1 aromatic carbocycles. The first kappa shape index (κ1) is 13.8. The summed E-state index contributed by atoms with van der Waals surface area (Å²) in [5, 5.41) is 0. The molecular formula is C16H22O3Si. The molecule has 3 atom stereocenters. The van der Waals surface area contributed by atoms with Gasteiger partial charge >= 0.3 is 5.97 Å². The van der Waals surface area contributed by atoms with Gasteiger partial charge in [-0.15, -0.1) is 0 Å². The Bertz CT molecular complexity index is 549. The number of hydrogen-bond acceptors (Lipinski definition) is 3. The van der Waals surface area contributed by atoms with Gasteiger partial charge in [-0.25, -0.2) is 0 Å². The highest BCUT2D eigenvalue weighted by Gasteiger charge is 2.63. The van der Waals surface area contributed by atoms with E-state index in [4.69, 9.17) is 9.16 Å². The van der Waals surface area contributed by atoms with E-state index in [1.54, 1.807) is 0 Å². The Balaban J connectivity index is 1.96. The standard InChI is InChI=1S/C16H22O3Si/c1-18-15(17)13-10-16(19-20(2,3)4)9-11-7-5-6-8-12(11)14(13)16/h5-8,13-14H,9-10H2,1-4H3/t13-,14-,16-/m1/s1. The van der Waals surface area contributed by atoms with Crippen LogP contribution in [0.15, 0.2) is 24.3 Å². The van der Waals surface area contributed by atoms with E-state index in [1.807, 2.05) is 0 Å². The quantitative estimate of drug-likeness (QED) is 0.634. The highest BCUT2D eigenvalue weighted by atomic mass is 28.4. The maximum absolute atomic E-state index is 12.0. The molecule has 2 aliphatic carbocycles. The molecule has 3 rings (SSSR count). The normalized spacial score (nSPS) is 31.2. The summed E-state index contributed by atoms with van der Waals surface area (Å²) in [5.74, 6) is 0.0411. The summed E-state index contributed by atoms with van der Waals surface area (Å²) < 4.78 is 11.5. The Morgan fingerprint density at radius 2 is 2.00 bits per heavy atom. The lowest BCUT2D eigenvalue weighted by atomic mass is 9.61. The lowest BCUT2D eigenvalue weighted by Gasteiger charge is -2.52. The number of ether oxygens (including phenoxy) is 1. The lowest BCUT2D eigenvalue weighted by molar-refractivity contribution is -0.162. The molecule has 3 nitrogen and oxygen atoms in total. The minimum atomic E-state index is -1.65. The smallest absolute Gasteiger partial charge is 0.309 e. The van der Waals surface area contributed by atoms with Crippen molar-refractivity contribution in [2.75, 3.05) is 7.11 Å². The van der Waals surface area contributed by atoms with Gasteiger partial charge in [-0.1, -0.05) is 24.3 Å². The number of hydrogen-bond donors (Lipinski definition) is 0. The molecule has 0 spiro atoms. The molecule has 0 N–H and O–H groups in total. The second-order valence-corrected chi connectivity index (χ2v) is 11.4. The number of fused-ring (bicyclic) bond motifs is 3. The zero-order valence-electron chi connectivity index (χ0n) is 12.6. The molecule has 1 saturated carbocycles. The Morgan fingerprint density at radius 1 is 1.30 bits per heavy atom. The summed E-state index contributed by atoms with van der Waals surface area (Å²) in [6, 6.07) is 8.43. The minimum Gasteiger partial charge on any atom is -0.469 e. The van der Waals surface area contributed by atoms with Crippen molar-refractivity contribution in [1.82, 2.24) is 0 Å². The number of methoxy groups -OCH3 is 1. The Morgan fingerprint density at radius 3 is 2.65 bits per heavy atom. The zero-order chi connectivity index (χ0) is 14.5. The summed E-state index contributed by atoms with van der Waals surface area (Å²) >= 11 is 0. The van der Waals surface area contributed by atoms with E-state index in [-0.39, 0.29) is 23.4 Å². The van der Waals surface area contributed by atoms with Gasteiger partial charge in [0.2, 0.25) is 0 Å². The van der Waals surface area contributed by atoms with Crippen LogP contribution in [0.5, 0.6) is 0 Å². The van der Waals surface area contributed by atoms with Gasteiger partial charge in [-0.05, 0) is 37.2 Å². The molecule has 0 unspecified atom stereocenters. The lowest BCUT2D eigenvalue weighted by Crippen LogP contribution is -2.58. The van der Waals surface area contributed by atoms with Crippen LogP contribution in [0, 0.1) is 5.92 Å². The summed E-state index contributed by atoms with van der Waals surface area (Å²) in [6.45, 7) is 6.65. The first-order valence-corrected chi connectivity index (χ1v) is 10.6. The van der Waals surface area contributed by atoms with Gasteiger partial charge < -0.3 is 9.16 Å². The third-order valence-electron chi connectivity index (χ3n) is 4.43. The monoisotopic (exact) mass is 290 g/mol. The van der Waals surface area contributed by atoms with E-state index < -0.39 is 8.32 Å². The van der Waals surface area contributed by atoms with E-state index >= 15 is 0 Å². The van der Waals surface area contributed by atoms with Crippen LogP contribution >= 0.6 is 0 Å². The van der Waals surface area contributed by atoms with Gasteiger partial charge in [0.25, 0.3) is 0 Å². The first-order chi connectivity index (χ1) is 9.36. The van der Waals surface area contributed by atoms with Crippen LogP contribution in [0.1, 0.15) is 23.5 Å². The van der Waals surface area contributed by atoms with Crippen LogP contribution in [-0.2, 0) is 20.4 Å². The van der Waals surface area contributed by atoms with Crippen LogP contribution in [0.3, 0.4) is 0 Å². The van der Waals surface area contributed by atoms with Crippen molar-refractivity contribution in [3.8, 4) is 0 Å². The molecule has 0 bridgehead atoms. The highest BCUT2D eigenvalue weighted by molar-refractivity contribution is 6.69. The van der Waals surface area contributed by atoms with Crippen molar-refractivity contribution in [2.45, 2.75) is 44.0 Å². The van der Waals surface area contributed by atoms with Gasteiger partial charge in [-0.3, -0.25) is 4.79 Å². The van der Waals surface area contributed by atoms with Crippen LogP contribution in [-0.4, -0.2) is 27.0 Å². The second-order valence-electron chi connectivity index (χ2n) is 6.97. The molecule has 0 aliphatic heterocycles. The third kappa shape index (κ3) is 2.02. The predicted molar refractivity (Wildman–Crippen MR) is 80.2 cm³/mol. The Hall–Kier alpha value is -1.13. The third-order valence-corrected chi connectivity index (χ3v) is 5.45. The number of carbonyl (C=O) groups is 1. The van der Waals surface area contributed by atoms with E-state index in [9.17, 15) is 4.79 Å². The number of benzene rings is 1. The van der Waals surface area contributed by atoms with Crippen LogP contribution in [0.4, 0.5) is 0 Å².